The van der Waals surface area contributed by atoms with Crippen molar-refractivity contribution in [2.75, 3.05) is 13.1 Å². The van der Waals surface area contributed by atoms with Crippen LogP contribution in [0.15, 0.2) is 6.07 Å². The molecular formula is C16H27N3O. The summed E-state index contributed by atoms with van der Waals surface area (Å²) in [7, 11) is 2.04. The van der Waals surface area contributed by atoms with E-state index in [0.29, 0.717) is 5.92 Å². The molecule has 1 saturated carbocycles. The molecule has 4 nitrogen and oxygen atoms in total. The molecule has 1 aromatic heterocycles. The van der Waals surface area contributed by atoms with Gasteiger partial charge in [0, 0.05) is 32.6 Å². The molecule has 2 fully saturated rings. The molecule has 2 aliphatic rings. The molecule has 1 aliphatic carbocycles. The Labute approximate surface area is 121 Å². The summed E-state index contributed by atoms with van der Waals surface area (Å²) in [5.74, 6) is 0.476. The number of aryl methyl sites for hydroxylation is 2. The largest absolute Gasteiger partial charge is 0.390 e. The molecule has 0 amide bonds. The van der Waals surface area contributed by atoms with Crippen LogP contribution in [0, 0.1) is 5.92 Å². The number of nitrogens with zero attached hydrogens (tertiary/aromatic N) is 3. The van der Waals surface area contributed by atoms with Crippen LogP contribution >= 0.6 is 0 Å². The minimum absolute atomic E-state index is 0.365. The standard InChI is InChI=1S/C16H27N3O/c1-3-14-10-15(18(2)17-14)12-19-9-8-16(20)7-5-4-6-13(16)11-19/h10,13,20H,3-9,11-12H2,1-2H3. The molecule has 1 N–H and O–H groups in total. The van der Waals surface area contributed by atoms with Crippen LogP contribution < -0.4 is 0 Å². The molecule has 3 rings (SSSR count). The van der Waals surface area contributed by atoms with Gasteiger partial charge in [-0.2, -0.15) is 5.10 Å². The van der Waals surface area contributed by atoms with Gasteiger partial charge in [0.25, 0.3) is 0 Å². The van der Waals surface area contributed by atoms with Crippen molar-refractivity contribution in [3.63, 3.8) is 0 Å². The van der Waals surface area contributed by atoms with Gasteiger partial charge in [0.05, 0.1) is 17.0 Å². The summed E-state index contributed by atoms with van der Waals surface area (Å²) >= 11 is 0. The molecule has 2 unspecified atom stereocenters. The van der Waals surface area contributed by atoms with Crippen LogP contribution in [0.4, 0.5) is 0 Å². The normalized spacial score (nSPS) is 31.2. The van der Waals surface area contributed by atoms with E-state index in [1.54, 1.807) is 0 Å². The fourth-order valence-electron chi connectivity index (χ4n) is 3.90. The second-order valence-corrected chi connectivity index (χ2v) is 6.64. The average molecular weight is 277 g/mol. The van der Waals surface area contributed by atoms with E-state index in [1.807, 2.05) is 11.7 Å². The van der Waals surface area contributed by atoms with Crippen molar-refractivity contribution in [2.45, 2.75) is 57.6 Å². The topological polar surface area (TPSA) is 41.3 Å². The second kappa shape index (κ2) is 5.49. The first-order valence-electron chi connectivity index (χ1n) is 8.07. The van der Waals surface area contributed by atoms with Crippen LogP contribution in [-0.4, -0.2) is 38.5 Å². The highest BCUT2D eigenvalue weighted by molar-refractivity contribution is 5.10. The average Bonchev–Trinajstić information content (AvgIpc) is 2.79. The number of aromatic nitrogens is 2. The van der Waals surface area contributed by atoms with E-state index in [4.69, 9.17) is 0 Å². The molecule has 1 aliphatic heterocycles. The maximum Gasteiger partial charge on any atom is 0.0700 e. The predicted molar refractivity (Wildman–Crippen MR) is 79.4 cm³/mol. The molecule has 0 bridgehead atoms. The maximum absolute atomic E-state index is 10.7. The molecule has 0 spiro atoms. The van der Waals surface area contributed by atoms with Gasteiger partial charge in [0.1, 0.15) is 0 Å². The minimum atomic E-state index is -0.365. The third kappa shape index (κ3) is 2.63. The summed E-state index contributed by atoms with van der Waals surface area (Å²) in [5.41, 5.74) is 2.10. The van der Waals surface area contributed by atoms with E-state index in [0.717, 1.165) is 38.9 Å². The number of fused-ring (bicyclic) bond motifs is 1. The van der Waals surface area contributed by atoms with Gasteiger partial charge >= 0.3 is 0 Å². The fourth-order valence-corrected chi connectivity index (χ4v) is 3.90. The molecule has 2 atom stereocenters. The van der Waals surface area contributed by atoms with E-state index in [1.165, 1.54) is 30.7 Å². The molecule has 2 heterocycles. The van der Waals surface area contributed by atoms with Gasteiger partial charge in [0.2, 0.25) is 0 Å². The summed E-state index contributed by atoms with van der Waals surface area (Å²) in [6, 6.07) is 2.22. The third-order valence-corrected chi connectivity index (χ3v) is 5.29. The predicted octanol–water partition coefficient (Wildman–Crippen LogP) is 2.11. The Bertz CT molecular complexity index is 470. The zero-order chi connectivity index (χ0) is 14.2. The van der Waals surface area contributed by atoms with Crippen molar-refractivity contribution in [3.8, 4) is 0 Å². The quantitative estimate of drug-likeness (QED) is 0.920. The maximum atomic E-state index is 10.7. The summed E-state index contributed by atoms with van der Waals surface area (Å²) in [6.45, 7) is 5.17. The van der Waals surface area contributed by atoms with Crippen molar-refractivity contribution < 1.29 is 5.11 Å². The van der Waals surface area contributed by atoms with E-state index in [9.17, 15) is 5.11 Å². The van der Waals surface area contributed by atoms with E-state index >= 15 is 0 Å². The smallest absolute Gasteiger partial charge is 0.0700 e. The molecule has 4 heteroatoms. The lowest BCUT2D eigenvalue weighted by Crippen LogP contribution is -2.53. The van der Waals surface area contributed by atoms with E-state index in [2.05, 4.69) is 23.0 Å². The first-order valence-corrected chi connectivity index (χ1v) is 8.07. The van der Waals surface area contributed by atoms with Crippen molar-refractivity contribution in [2.24, 2.45) is 13.0 Å². The van der Waals surface area contributed by atoms with Crippen molar-refractivity contribution >= 4 is 0 Å². The molecule has 112 valence electrons. The Balaban J connectivity index is 1.65. The highest BCUT2D eigenvalue weighted by atomic mass is 16.3. The Morgan fingerprint density at radius 3 is 3.00 bits per heavy atom. The van der Waals surface area contributed by atoms with Crippen LogP contribution in [0.25, 0.3) is 0 Å². The number of hydrogen-bond donors (Lipinski definition) is 1. The van der Waals surface area contributed by atoms with Crippen LogP contribution in [-0.2, 0) is 20.0 Å². The van der Waals surface area contributed by atoms with Crippen molar-refractivity contribution in [3.05, 3.63) is 17.5 Å². The Hall–Kier alpha value is -0.870. The molecule has 20 heavy (non-hydrogen) atoms. The number of hydrogen-bond acceptors (Lipinski definition) is 3. The SMILES string of the molecule is CCc1cc(CN2CCC3(O)CCCCC3C2)n(C)n1. The molecule has 0 aromatic carbocycles. The van der Waals surface area contributed by atoms with Gasteiger partial charge in [-0.05, 0) is 31.7 Å². The van der Waals surface area contributed by atoms with Gasteiger partial charge in [-0.1, -0.05) is 19.8 Å². The molecular weight excluding hydrogens is 250 g/mol. The number of piperidine rings is 1. The number of likely N-dealkylation sites (tertiary alicyclic amines) is 1. The molecule has 1 saturated heterocycles. The molecule has 1 aromatic rings. The second-order valence-electron chi connectivity index (χ2n) is 6.64. The Morgan fingerprint density at radius 2 is 2.25 bits per heavy atom. The van der Waals surface area contributed by atoms with Gasteiger partial charge in [-0.25, -0.2) is 0 Å². The summed E-state index contributed by atoms with van der Waals surface area (Å²) in [4.78, 5) is 2.50. The van der Waals surface area contributed by atoms with Crippen LogP contribution in [0.1, 0.15) is 50.4 Å². The highest BCUT2D eigenvalue weighted by Gasteiger charge is 2.42. The van der Waals surface area contributed by atoms with E-state index in [-0.39, 0.29) is 5.60 Å². The van der Waals surface area contributed by atoms with Crippen molar-refractivity contribution in [1.82, 2.24) is 14.7 Å². The van der Waals surface area contributed by atoms with E-state index < -0.39 is 0 Å². The zero-order valence-electron chi connectivity index (χ0n) is 12.8. The summed E-state index contributed by atoms with van der Waals surface area (Å²) in [6.07, 6.45) is 6.63. The lowest BCUT2D eigenvalue weighted by Gasteiger charge is -2.47. The van der Waals surface area contributed by atoms with Gasteiger partial charge in [-0.3, -0.25) is 9.58 Å². The lowest BCUT2D eigenvalue weighted by molar-refractivity contribution is -0.0970. The first kappa shape index (κ1) is 14.1. The minimum Gasteiger partial charge on any atom is -0.390 e. The monoisotopic (exact) mass is 277 g/mol. The zero-order valence-corrected chi connectivity index (χ0v) is 12.8. The van der Waals surface area contributed by atoms with Gasteiger partial charge in [-0.15, -0.1) is 0 Å². The lowest BCUT2D eigenvalue weighted by atomic mass is 9.71. The van der Waals surface area contributed by atoms with Gasteiger partial charge in [0.15, 0.2) is 0 Å². The van der Waals surface area contributed by atoms with Crippen LogP contribution in [0.2, 0.25) is 0 Å². The van der Waals surface area contributed by atoms with Gasteiger partial charge < -0.3 is 5.11 Å². The Morgan fingerprint density at radius 1 is 1.40 bits per heavy atom. The number of rotatable bonds is 3. The first-order chi connectivity index (χ1) is 9.60. The fraction of sp³-hybridized carbons (Fsp3) is 0.812. The highest BCUT2D eigenvalue weighted by Crippen LogP contribution is 2.39. The molecule has 0 radical (unpaired) electrons. The Kier molecular flexibility index (Phi) is 3.87. The summed E-state index contributed by atoms with van der Waals surface area (Å²) < 4.78 is 2.01. The third-order valence-electron chi connectivity index (χ3n) is 5.29. The van der Waals surface area contributed by atoms with Crippen LogP contribution in [0.5, 0.6) is 0 Å². The van der Waals surface area contributed by atoms with Crippen LogP contribution in [0.3, 0.4) is 0 Å². The van der Waals surface area contributed by atoms with Crippen molar-refractivity contribution in [1.29, 1.82) is 0 Å². The summed E-state index contributed by atoms with van der Waals surface area (Å²) in [5, 5.41) is 15.3. The number of aliphatic hydroxyl groups is 1.